The van der Waals surface area contributed by atoms with E-state index in [1.165, 1.54) is 11.1 Å². The van der Waals surface area contributed by atoms with Gasteiger partial charge in [-0.2, -0.15) is 0 Å². The Hall–Kier alpha value is -2.55. The van der Waals surface area contributed by atoms with E-state index in [-0.39, 0.29) is 17.5 Å². The third-order valence-electron chi connectivity index (χ3n) is 7.00. The number of carbonyl (C=O) groups excluding carboxylic acids is 1. The molecule has 1 aliphatic carbocycles. The lowest BCUT2D eigenvalue weighted by Crippen LogP contribution is -2.49. The van der Waals surface area contributed by atoms with E-state index >= 15 is 0 Å². The quantitative estimate of drug-likeness (QED) is 0.606. The van der Waals surface area contributed by atoms with Gasteiger partial charge >= 0.3 is 0 Å². The zero-order valence-corrected chi connectivity index (χ0v) is 20.1. The normalized spacial score (nSPS) is 19.5. The fourth-order valence-corrected chi connectivity index (χ4v) is 6.09. The average Bonchev–Trinajstić information content (AvgIpc) is 3.09. The maximum atomic E-state index is 12.7. The van der Waals surface area contributed by atoms with Crippen molar-refractivity contribution >= 4 is 27.5 Å². The van der Waals surface area contributed by atoms with Crippen LogP contribution in [-0.2, 0) is 17.8 Å². The molecule has 1 atom stereocenters. The number of piperazine rings is 1. The summed E-state index contributed by atoms with van der Waals surface area (Å²) in [6.45, 7) is 8.43. The van der Waals surface area contributed by atoms with Gasteiger partial charge < -0.3 is 10.3 Å². The van der Waals surface area contributed by atoms with E-state index in [0.29, 0.717) is 13.1 Å². The molecule has 2 aliphatic rings. The summed E-state index contributed by atoms with van der Waals surface area (Å²) >= 11 is 1.58. The van der Waals surface area contributed by atoms with Crippen molar-refractivity contribution in [1.29, 1.82) is 0 Å². The third-order valence-corrected chi connectivity index (χ3v) is 8.10. The number of H-pyrrole nitrogens is 1. The van der Waals surface area contributed by atoms with Gasteiger partial charge in [-0.1, -0.05) is 24.3 Å². The maximum Gasteiger partial charge on any atom is 0.259 e. The number of nitrogens with one attached hydrogen (secondary N) is 2. The summed E-state index contributed by atoms with van der Waals surface area (Å²) in [6.07, 6.45) is 3.23. The SMILES string of the molecule is Cc1sc2nc(CN3CCN(CC(=O)NC4CCCc5ccccc54)CC3)[nH]c(=O)c2c1C. The van der Waals surface area contributed by atoms with Crippen molar-refractivity contribution in [2.45, 2.75) is 45.7 Å². The minimum atomic E-state index is -0.0450. The second-order valence-electron chi connectivity index (χ2n) is 9.24. The van der Waals surface area contributed by atoms with Crippen molar-refractivity contribution < 1.29 is 4.79 Å². The van der Waals surface area contributed by atoms with Gasteiger partial charge in [-0.15, -0.1) is 11.3 Å². The topological polar surface area (TPSA) is 81.3 Å². The lowest BCUT2D eigenvalue weighted by molar-refractivity contribution is -0.123. The van der Waals surface area contributed by atoms with Crippen LogP contribution in [0.2, 0.25) is 0 Å². The molecule has 0 spiro atoms. The smallest absolute Gasteiger partial charge is 0.259 e. The number of aromatic nitrogens is 2. The number of amides is 1. The fraction of sp³-hybridized carbons (Fsp3) is 0.480. The van der Waals surface area contributed by atoms with Crippen LogP contribution in [0.3, 0.4) is 0 Å². The molecule has 5 rings (SSSR count). The van der Waals surface area contributed by atoms with Crippen molar-refractivity contribution in [3.63, 3.8) is 0 Å². The Kier molecular flexibility index (Phi) is 6.32. The number of nitrogens with zero attached hydrogens (tertiary/aromatic N) is 3. The van der Waals surface area contributed by atoms with Crippen LogP contribution >= 0.6 is 11.3 Å². The highest BCUT2D eigenvalue weighted by Gasteiger charge is 2.24. The molecule has 1 aliphatic heterocycles. The molecule has 0 saturated carbocycles. The molecule has 3 aromatic rings. The van der Waals surface area contributed by atoms with Crippen LogP contribution in [0.1, 0.15) is 46.3 Å². The van der Waals surface area contributed by atoms with Gasteiger partial charge in [0.05, 0.1) is 24.5 Å². The molecule has 0 radical (unpaired) electrons. The van der Waals surface area contributed by atoms with Crippen LogP contribution in [0.4, 0.5) is 0 Å². The standard InChI is InChI=1S/C25H31N5O2S/c1-16-17(2)33-25-23(16)24(32)27-21(28-25)14-29-10-12-30(13-11-29)15-22(31)26-20-9-5-7-18-6-3-4-8-19(18)20/h3-4,6,8,20H,5,7,9-15H2,1-2H3,(H,26,31)(H,27,28,32). The first-order chi connectivity index (χ1) is 16.0. The van der Waals surface area contributed by atoms with E-state index in [1.807, 2.05) is 13.8 Å². The number of carbonyl (C=O) groups is 1. The van der Waals surface area contributed by atoms with Gasteiger partial charge in [0.15, 0.2) is 0 Å². The Bertz CT molecular complexity index is 1230. The summed E-state index contributed by atoms with van der Waals surface area (Å²) in [4.78, 5) is 39.4. The second kappa shape index (κ2) is 9.37. The zero-order valence-electron chi connectivity index (χ0n) is 19.3. The summed E-state index contributed by atoms with van der Waals surface area (Å²) in [5, 5.41) is 3.98. The molecule has 8 heteroatoms. The summed E-state index contributed by atoms with van der Waals surface area (Å²) < 4.78 is 0. The molecule has 1 unspecified atom stereocenters. The molecular weight excluding hydrogens is 434 g/mol. The first kappa shape index (κ1) is 22.3. The molecule has 1 saturated heterocycles. The lowest BCUT2D eigenvalue weighted by Gasteiger charge is -2.34. The Balaban J connectivity index is 1.14. The molecule has 0 bridgehead atoms. The van der Waals surface area contributed by atoms with Crippen molar-refractivity contribution in [1.82, 2.24) is 25.1 Å². The average molecular weight is 466 g/mol. The van der Waals surface area contributed by atoms with Gasteiger partial charge in [0.1, 0.15) is 10.7 Å². The number of hydrogen-bond acceptors (Lipinski definition) is 6. The van der Waals surface area contributed by atoms with Gasteiger partial charge in [-0.3, -0.25) is 19.4 Å². The van der Waals surface area contributed by atoms with Gasteiger partial charge in [-0.05, 0) is 49.8 Å². The molecule has 2 N–H and O–H groups in total. The maximum absolute atomic E-state index is 12.7. The largest absolute Gasteiger partial charge is 0.348 e. The first-order valence-electron chi connectivity index (χ1n) is 11.8. The van der Waals surface area contributed by atoms with Crippen LogP contribution in [0, 0.1) is 13.8 Å². The number of aromatic amines is 1. The highest BCUT2D eigenvalue weighted by Crippen LogP contribution is 2.29. The Labute approximate surface area is 197 Å². The van der Waals surface area contributed by atoms with Crippen LogP contribution < -0.4 is 10.9 Å². The van der Waals surface area contributed by atoms with E-state index in [0.717, 1.165) is 71.9 Å². The highest BCUT2D eigenvalue weighted by molar-refractivity contribution is 7.18. The molecule has 33 heavy (non-hydrogen) atoms. The number of benzene rings is 1. The zero-order chi connectivity index (χ0) is 22.9. The Morgan fingerprint density at radius 1 is 1.18 bits per heavy atom. The number of rotatable bonds is 5. The van der Waals surface area contributed by atoms with E-state index in [9.17, 15) is 9.59 Å². The van der Waals surface area contributed by atoms with Gasteiger partial charge in [0.2, 0.25) is 5.91 Å². The number of thiophene rings is 1. The van der Waals surface area contributed by atoms with Crippen LogP contribution in [0.5, 0.6) is 0 Å². The molecule has 1 fully saturated rings. The molecular formula is C25H31N5O2S. The molecule has 3 heterocycles. The van der Waals surface area contributed by atoms with E-state index < -0.39 is 0 Å². The molecule has 1 amide bonds. The second-order valence-corrected chi connectivity index (χ2v) is 10.4. The first-order valence-corrected chi connectivity index (χ1v) is 12.6. The summed E-state index contributed by atoms with van der Waals surface area (Å²) in [7, 11) is 0. The lowest BCUT2D eigenvalue weighted by atomic mass is 9.88. The van der Waals surface area contributed by atoms with Gasteiger partial charge in [0, 0.05) is 31.1 Å². The molecule has 1 aromatic carbocycles. The van der Waals surface area contributed by atoms with Crippen molar-refractivity contribution in [2.75, 3.05) is 32.7 Å². The number of fused-ring (bicyclic) bond motifs is 2. The minimum Gasteiger partial charge on any atom is -0.348 e. The third kappa shape index (κ3) is 4.74. The van der Waals surface area contributed by atoms with Crippen LogP contribution in [0.15, 0.2) is 29.1 Å². The van der Waals surface area contributed by atoms with Crippen molar-refractivity contribution in [2.24, 2.45) is 0 Å². The number of aryl methyl sites for hydroxylation is 3. The Morgan fingerprint density at radius 3 is 2.76 bits per heavy atom. The highest BCUT2D eigenvalue weighted by atomic mass is 32.1. The summed E-state index contributed by atoms with van der Waals surface area (Å²) in [5.74, 6) is 0.820. The van der Waals surface area contributed by atoms with Gasteiger partial charge in [0.25, 0.3) is 5.56 Å². The molecule has 7 nitrogen and oxygen atoms in total. The van der Waals surface area contributed by atoms with Crippen molar-refractivity contribution in [3.05, 3.63) is 62.0 Å². The van der Waals surface area contributed by atoms with Crippen LogP contribution in [0.25, 0.3) is 10.2 Å². The predicted molar refractivity (Wildman–Crippen MR) is 132 cm³/mol. The van der Waals surface area contributed by atoms with E-state index in [2.05, 4.69) is 44.4 Å². The van der Waals surface area contributed by atoms with Gasteiger partial charge in [-0.25, -0.2) is 4.98 Å². The van der Waals surface area contributed by atoms with E-state index in [4.69, 9.17) is 4.98 Å². The van der Waals surface area contributed by atoms with Crippen molar-refractivity contribution in [3.8, 4) is 0 Å². The molecule has 2 aromatic heterocycles. The summed E-state index contributed by atoms with van der Waals surface area (Å²) in [6, 6.07) is 8.59. The predicted octanol–water partition coefficient (Wildman–Crippen LogP) is 2.91. The van der Waals surface area contributed by atoms with E-state index in [1.54, 1.807) is 11.3 Å². The minimum absolute atomic E-state index is 0.0450. The Morgan fingerprint density at radius 2 is 1.94 bits per heavy atom. The van der Waals surface area contributed by atoms with Crippen LogP contribution in [-0.4, -0.2) is 58.4 Å². The fourth-order valence-electron chi connectivity index (χ4n) is 5.04. The summed E-state index contributed by atoms with van der Waals surface area (Å²) in [5.41, 5.74) is 3.62. The molecule has 174 valence electrons. The number of hydrogen-bond donors (Lipinski definition) is 2. The monoisotopic (exact) mass is 465 g/mol.